The molecule has 0 spiro atoms. The first-order valence-electron chi connectivity index (χ1n) is 10.2. The summed E-state index contributed by atoms with van der Waals surface area (Å²) >= 11 is 5.85. The highest BCUT2D eigenvalue weighted by atomic mass is 35.5. The van der Waals surface area contributed by atoms with E-state index in [2.05, 4.69) is 20.1 Å². The number of nitrogens with one attached hydrogen (secondary N) is 1. The zero-order chi connectivity index (χ0) is 21.7. The van der Waals surface area contributed by atoms with Gasteiger partial charge in [0.25, 0.3) is 5.70 Å². The molecule has 0 radical (unpaired) electrons. The smallest absolute Gasteiger partial charge is 0.407 e. The van der Waals surface area contributed by atoms with Gasteiger partial charge in [0, 0.05) is 44.8 Å². The number of halogens is 1. The molecule has 0 bridgehead atoms. The number of nitrogens with zero attached hydrogens (tertiary/aromatic N) is 4. The Morgan fingerprint density at radius 3 is 2.90 bits per heavy atom. The van der Waals surface area contributed by atoms with Crippen LogP contribution in [-0.2, 0) is 11.3 Å². The summed E-state index contributed by atoms with van der Waals surface area (Å²) in [5.41, 5.74) is 1.24. The number of hydrogen-bond donors (Lipinski definition) is 1. The molecule has 1 aromatic heterocycles. The largest absolute Gasteiger partial charge is 0.450 e. The summed E-state index contributed by atoms with van der Waals surface area (Å²) in [5, 5.41) is 14.9. The Bertz CT molecular complexity index is 799. The number of ether oxygens (including phenoxy) is 1. The molecule has 9 nitrogen and oxygen atoms in total. The predicted molar refractivity (Wildman–Crippen MR) is 112 cm³/mol. The van der Waals surface area contributed by atoms with Crippen LogP contribution < -0.4 is 5.32 Å². The number of aromatic nitrogens is 1. The normalized spacial score (nSPS) is 18.6. The number of hydrogen-bond acceptors (Lipinski definition) is 7. The van der Waals surface area contributed by atoms with Crippen molar-refractivity contribution in [3.63, 3.8) is 0 Å². The Hall–Kier alpha value is -2.55. The van der Waals surface area contributed by atoms with Crippen molar-refractivity contribution in [1.29, 1.82) is 0 Å². The van der Waals surface area contributed by atoms with Crippen LogP contribution in [0.5, 0.6) is 0 Å². The first kappa shape index (κ1) is 22.1. The van der Waals surface area contributed by atoms with E-state index in [0.29, 0.717) is 31.1 Å². The maximum absolute atomic E-state index is 11.8. The summed E-state index contributed by atoms with van der Waals surface area (Å²) in [7, 11) is 0. The van der Waals surface area contributed by atoms with E-state index in [0.717, 1.165) is 37.4 Å². The Balaban J connectivity index is 1.59. The zero-order valence-electron chi connectivity index (χ0n) is 17.3. The van der Waals surface area contributed by atoms with E-state index in [1.165, 1.54) is 0 Å². The molecule has 1 unspecified atom stereocenters. The van der Waals surface area contributed by atoms with E-state index < -0.39 is 6.09 Å². The second kappa shape index (κ2) is 9.97. The summed E-state index contributed by atoms with van der Waals surface area (Å²) in [5.74, 6) is 0.891. The van der Waals surface area contributed by atoms with Gasteiger partial charge in [0.15, 0.2) is 5.82 Å². The minimum absolute atomic E-state index is 0.0313. The molecule has 0 aliphatic carbocycles. The number of carbonyl (C=O) groups excluding carboxylic acids is 1. The first-order chi connectivity index (χ1) is 14.3. The lowest BCUT2D eigenvalue weighted by molar-refractivity contribution is -0.433. The molecule has 1 atom stereocenters. The molecule has 1 amide bonds. The molecule has 1 aromatic rings. The van der Waals surface area contributed by atoms with Gasteiger partial charge in [-0.15, -0.1) is 0 Å². The van der Waals surface area contributed by atoms with Crippen molar-refractivity contribution in [2.45, 2.75) is 45.7 Å². The number of carbonyl (C=O) groups is 1. The Morgan fingerprint density at radius 1 is 1.43 bits per heavy atom. The fourth-order valence-electron chi connectivity index (χ4n) is 3.98. The minimum Gasteiger partial charge on any atom is -0.450 e. The van der Waals surface area contributed by atoms with Crippen LogP contribution in [0.25, 0.3) is 0 Å². The number of fused-ring (bicyclic) bond motifs is 1. The van der Waals surface area contributed by atoms with Gasteiger partial charge in [-0.05, 0) is 44.2 Å². The molecule has 3 rings (SSSR count). The van der Waals surface area contributed by atoms with Crippen LogP contribution in [0.4, 0.5) is 4.79 Å². The molecule has 10 heteroatoms. The maximum Gasteiger partial charge on any atom is 0.407 e. The highest BCUT2D eigenvalue weighted by Gasteiger charge is 2.39. The molecule has 2 aliphatic rings. The lowest BCUT2D eigenvalue weighted by Gasteiger charge is -2.32. The van der Waals surface area contributed by atoms with Crippen LogP contribution in [0.1, 0.15) is 38.7 Å². The lowest BCUT2D eigenvalue weighted by atomic mass is 9.94. The molecule has 1 fully saturated rings. The summed E-state index contributed by atoms with van der Waals surface area (Å²) in [4.78, 5) is 31.4. The third kappa shape index (κ3) is 5.75. The Morgan fingerprint density at radius 2 is 2.23 bits per heavy atom. The number of nitro groups is 1. The molecule has 2 aliphatic heterocycles. The van der Waals surface area contributed by atoms with Crippen molar-refractivity contribution in [1.82, 2.24) is 20.1 Å². The summed E-state index contributed by atoms with van der Waals surface area (Å²) in [6.45, 7) is 6.90. The van der Waals surface area contributed by atoms with Crippen LogP contribution in [0, 0.1) is 16.0 Å². The number of rotatable bonds is 8. The zero-order valence-corrected chi connectivity index (χ0v) is 18.1. The first-order valence-corrected chi connectivity index (χ1v) is 10.6. The van der Waals surface area contributed by atoms with Gasteiger partial charge in [-0.2, -0.15) is 0 Å². The number of amides is 1. The average molecular weight is 438 g/mol. The molecule has 3 heterocycles. The van der Waals surface area contributed by atoms with Crippen molar-refractivity contribution >= 4 is 17.7 Å². The fourth-order valence-corrected chi connectivity index (χ4v) is 4.09. The molecule has 0 saturated carbocycles. The lowest BCUT2D eigenvalue weighted by Crippen LogP contribution is -2.36. The van der Waals surface area contributed by atoms with E-state index in [9.17, 15) is 14.9 Å². The SMILES string of the molecule is CC(C)NC(=O)OCCCC1CC([N+](=O)[O-])=C2N(Cc3ccc(Cl)nc3)CCN2C1. The summed E-state index contributed by atoms with van der Waals surface area (Å²) < 4.78 is 5.16. The highest BCUT2D eigenvalue weighted by Crippen LogP contribution is 2.35. The molecule has 1 N–H and O–H groups in total. The van der Waals surface area contributed by atoms with E-state index in [1.54, 1.807) is 12.3 Å². The van der Waals surface area contributed by atoms with Crippen molar-refractivity contribution in [2.24, 2.45) is 5.92 Å². The van der Waals surface area contributed by atoms with Crippen LogP contribution in [0.2, 0.25) is 5.15 Å². The quantitative estimate of drug-likeness (QED) is 0.288. The van der Waals surface area contributed by atoms with Crippen LogP contribution >= 0.6 is 11.6 Å². The van der Waals surface area contributed by atoms with Gasteiger partial charge in [-0.25, -0.2) is 9.78 Å². The molecule has 30 heavy (non-hydrogen) atoms. The number of pyridine rings is 1. The van der Waals surface area contributed by atoms with Crippen molar-refractivity contribution in [3.8, 4) is 0 Å². The minimum atomic E-state index is -0.423. The van der Waals surface area contributed by atoms with Crippen molar-refractivity contribution < 1.29 is 14.5 Å². The topological polar surface area (TPSA) is 101 Å². The fraction of sp³-hybridized carbons (Fsp3) is 0.600. The second-order valence-corrected chi connectivity index (χ2v) is 8.42. The maximum atomic E-state index is 11.8. The summed E-state index contributed by atoms with van der Waals surface area (Å²) in [6.07, 6.45) is 3.17. The van der Waals surface area contributed by atoms with Crippen LogP contribution in [0.15, 0.2) is 29.8 Å². The second-order valence-electron chi connectivity index (χ2n) is 8.03. The Kier molecular flexibility index (Phi) is 7.36. The molecule has 164 valence electrons. The third-order valence-corrected chi connectivity index (χ3v) is 5.46. The summed E-state index contributed by atoms with van der Waals surface area (Å²) in [6, 6.07) is 3.66. The van der Waals surface area contributed by atoms with Gasteiger partial charge in [0.1, 0.15) is 5.15 Å². The average Bonchev–Trinajstić information content (AvgIpc) is 3.08. The van der Waals surface area contributed by atoms with E-state index in [-0.39, 0.29) is 22.6 Å². The van der Waals surface area contributed by atoms with Gasteiger partial charge >= 0.3 is 6.09 Å². The number of allylic oxidation sites excluding steroid dienone is 1. The van der Waals surface area contributed by atoms with Crippen LogP contribution in [-0.4, -0.2) is 58.1 Å². The molecule has 0 aromatic carbocycles. The van der Waals surface area contributed by atoms with Gasteiger partial charge in [0.05, 0.1) is 11.5 Å². The van der Waals surface area contributed by atoms with E-state index in [1.807, 2.05) is 19.9 Å². The standard InChI is InChI=1S/C20H28ClN5O4/c1-14(2)23-20(27)30-9-3-4-15-10-17(26(28)29)19-24(12-15)7-8-25(19)13-16-5-6-18(21)22-11-16/h5-6,11,14-15H,3-4,7-10,12-13H2,1-2H3,(H,23,27). The van der Waals surface area contributed by atoms with Gasteiger partial charge < -0.3 is 19.9 Å². The predicted octanol–water partition coefficient (Wildman–Crippen LogP) is 3.23. The highest BCUT2D eigenvalue weighted by molar-refractivity contribution is 6.29. The monoisotopic (exact) mass is 437 g/mol. The number of alkyl carbamates (subject to hydrolysis) is 1. The van der Waals surface area contributed by atoms with E-state index in [4.69, 9.17) is 16.3 Å². The van der Waals surface area contributed by atoms with Crippen LogP contribution in [0.3, 0.4) is 0 Å². The van der Waals surface area contributed by atoms with Gasteiger partial charge in [0.2, 0.25) is 0 Å². The third-order valence-electron chi connectivity index (χ3n) is 5.24. The molecular weight excluding hydrogens is 410 g/mol. The van der Waals surface area contributed by atoms with Crippen molar-refractivity contribution in [2.75, 3.05) is 26.2 Å². The van der Waals surface area contributed by atoms with Gasteiger partial charge in [-0.3, -0.25) is 10.1 Å². The van der Waals surface area contributed by atoms with Gasteiger partial charge in [-0.1, -0.05) is 17.7 Å². The molecular formula is C20H28ClN5O4. The molecule has 1 saturated heterocycles. The van der Waals surface area contributed by atoms with Crippen molar-refractivity contribution in [3.05, 3.63) is 50.7 Å². The Labute approximate surface area is 181 Å². The van der Waals surface area contributed by atoms with E-state index >= 15 is 0 Å².